The van der Waals surface area contributed by atoms with Crippen LogP contribution in [-0.2, 0) is 7.05 Å². The molecule has 1 heterocycles. The number of hydrogen-bond donors (Lipinski definition) is 0. The molecule has 0 spiro atoms. The molecule has 0 radical (unpaired) electrons. The molecule has 0 aliphatic heterocycles. The van der Waals surface area contributed by atoms with Crippen molar-refractivity contribution in [2.24, 2.45) is 7.05 Å². The summed E-state index contributed by atoms with van der Waals surface area (Å²) in [5, 5.41) is 4.15. The van der Waals surface area contributed by atoms with Gasteiger partial charge >= 0.3 is 0 Å². The van der Waals surface area contributed by atoms with Gasteiger partial charge in [0.15, 0.2) is 11.5 Å². The van der Waals surface area contributed by atoms with Crippen LogP contribution in [0.15, 0.2) is 24.5 Å². The summed E-state index contributed by atoms with van der Waals surface area (Å²) in [6.45, 7) is 0. The van der Waals surface area contributed by atoms with Crippen LogP contribution in [0.4, 0.5) is 0 Å². The van der Waals surface area contributed by atoms with Crippen molar-refractivity contribution in [1.29, 1.82) is 0 Å². The van der Waals surface area contributed by atoms with Gasteiger partial charge in [-0.15, -0.1) is 0 Å². The largest absolute Gasteiger partial charge is 0.493 e. The van der Waals surface area contributed by atoms with Crippen LogP contribution in [-0.4, -0.2) is 31.1 Å². The highest BCUT2D eigenvalue weighted by Crippen LogP contribution is 2.40. The van der Waals surface area contributed by atoms with Crippen molar-refractivity contribution in [1.82, 2.24) is 9.78 Å². The van der Waals surface area contributed by atoms with Gasteiger partial charge in [-0.1, -0.05) is 0 Å². The standard InChI is InChI=1S/C13H16N2O3/c1-15-8-10(7-14-15)9-5-11(16-2)13(18-4)12(6-9)17-3/h5-8H,1-4H3. The Morgan fingerprint density at radius 3 is 1.94 bits per heavy atom. The van der Waals surface area contributed by atoms with Gasteiger partial charge in [0.25, 0.3) is 0 Å². The van der Waals surface area contributed by atoms with E-state index in [9.17, 15) is 0 Å². The summed E-state index contributed by atoms with van der Waals surface area (Å²) in [6, 6.07) is 3.80. The number of methoxy groups -OCH3 is 3. The van der Waals surface area contributed by atoms with E-state index in [4.69, 9.17) is 14.2 Å². The van der Waals surface area contributed by atoms with Crippen molar-refractivity contribution in [3.05, 3.63) is 24.5 Å². The topological polar surface area (TPSA) is 45.5 Å². The first-order valence-electron chi connectivity index (χ1n) is 5.48. The first-order valence-corrected chi connectivity index (χ1v) is 5.48. The SMILES string of the molecule is COc1cc(-c2cnn(C)c2)cc(OC)c1OC. The second-order valence-electron chi connectivity index (χ2n) is 3.82. The lowest BCUT2D eigenvalue weighted by Crippen LogP contribution is -1.95. The molecule has 0 atom stereocenters. The Hall–Kier alpha value is -2.17. The molecule has 0 saturated carbocycles. The molecule has 0 unspecified atom stereocenters. The first-order chi connectivity index (χ1) is 8.69. The molecule has 0 amide bonds. The van der Waals surface area contributed by atoms with Crippen LogP contribution >= 0.6 is 0 Å². The van der Waals surface area contributed by atoms with Crippen molar-refractivity contribution in [3.63, 3.8) is 0 Å². The molecular weight excluding hydrogens is 232 g/mol. The zero-order valence-corrected chi connectivity index (χ0v) is 10.9. The van der Waals surface area contributed by atoms with Gasteiger partial charge in [-0.2, -0.15) is 5.10 Å². The Balaban J connectivity index is 2.56. The number of benzene rings is 1. The minimum absolute atomic E-state index is 0.590. The Morgan fingerprint density at radius 2 is 1.56 bits per heavy atom. The second-order valence-corrected chi connectivity index (χ2v) is 3.82. The highest BCUT2D eigenvalue weighted by molar-refractivity contribution is 5.70. The predicted octanol–water partition coefficient (Wildman–Crippen LogP) is 2.11. The molecule has 2 aromatic rings. The second kappa shape index (κ2) is 5.00. The lowest BCUT2D eigenvalue weighted by Gasteiger charge is -2.13. The maximum absolute atomic E-state index is 5.32. The normalized spacial score (nSPS) is 10.2. The third-order valence-corrected chi connectivity index (χ3v) is 2.70. The van der Waals surface area contributed by atoms with E-state index in [1.807, 2.05) is 25.4 Å². The van der Waals surface area contributed by atoms with Gasteiger partial charge in [-0.3, -0.25) is 4.68 Å². The molecule has 0 fully saturated rings. The summed E-state index contributed by atoms with van der Waals surface area (Å²) in [5.41, 5.74) is 1.97. The van der Waals surface area contributed by atoms with Crippen LogP contribution < -0.4 is 14.2 Å². The van der Waals surface area contributed by atoms with Crippen LogP contribution in [0.1, 0.15) is 0 Å². The minimum atomic E-state index is 0.590. The molecule has 0 saturated heterocycles. The van der Waals surface area contributed by atoms with E-state index in [0.29, 0.717) is 17.2 Å². The summed E-state index contributed by atoms with van der Waals surface area (Å²) >= 11 is 0. The van der Waals surface area contributed by atoms with Gasteiger partial charge in [0, 0.05) is 18.8 Å². The van der Waals surface area contributed by atoms with E-state index in [2.05, 4.69) is 5.10 Å². The van der Waals surface area contributed by atoms with Gasteiger partial charge in [0.1, 0.15) is 0 Å². The lowest BCUT2D eigenvalue weighted by atomic mass is 10.1. The van der Waals surface area contributed by atoms with E-state index in [-0.39, 0.29) is 0 Å². The molecule has 2 rings (SSSR count). The Bertz CT molecular complexity index is 524. The van der Waals surface area contributed by atoms with Crippen LogP contribution in [0.5, 0.6) is 17.2 Å². The molecule has 0 bridgehead atoms. The van der Waals surface area contributed by atoms with Crippen molar-refractivity contribution in [3.8, 4) is 28.4 Å². The highest BCUT2D eigenvalue weighted by Gasteiger charge is 2.14. The number of rotatable bonds is 4. The fourth-order valence-corrected chi connectivity index (χ4v) is 1.82. The Morgan fingerprint density at radius 1 is 0.944 bits per heavy atom. The van der Waals surface area contributed by atoms with Crippen LogP contribution in [0.3, 0.4) is 0 Å². The van der Waals surface area contributed by atoms with Gasteiger partial charge in [0.05, 0.1) is 27.5 Å². The smallest absolute Gasteiger partial charge is 0.203 e. The summed E-state index contributed by atoms with van der Waals surface area (Å²) in [6.07, 6.45) is 3.72. The highest BCUT2D eigenvalue weighted by atomic mass is 16.5. The van der Waals surface area contributed by atoms with Crippen molar-refractivity contribution < 1.29 is 14.2 Å². The average Bonchev–Trinajstić information content (AvgIpc) is 2.83. The van der Waals surface area contributed by atoms with E-state index in [1.165, 1.54) is 0 Å². The molecule has 96 valence electrons. The van der Waals surface area contributed by atoms with Crippen LogP contribution in [0, 0.1) is 0 Å². The van der Waals surface area contributed by atoms with Crippen molar-refractivity contribution in [2.45, 2.75) is 0 Å². The zero-order chi connectivity index (χ0) is 13.1. The number of aromatic nitrogens is 2. The summed E-state index contributed by atoms with van der Waals surface area (Å²) in [7, 11) is 6.67. The fraction of sp³-hybridized carbons (Fsp3) is 0.308. The maximum Gasteiger partial charge on any atom is 0.203 e. The van der Waals surface area contributed by atoms with Crippen molar-refractivity contribution in [2.75, 3.05) is 21.3 Å². The maximum atomic E-state index is 5.32. The van der Waals surface area contributed by atoms with Gasteiger partial charge in [0.2, 0.25) is 5.75 Å². The van der Waals surface area contributed by atoms with Gasteiger partial charge < -0.3 is 14.2 Å². The first kappa shape index (κ1) is 12.3. The molecule has 5 nitrogen and oxygen atoms in total. The zero-order valence-electron chi connectivity index (χ0n) is 10.9. The summed E-state index contributed by atoms with van der Waals surface area (Å²) in [5.74, 6) is 1.86. The molecular formula is C13H16N2O3. The molecule has 18 heavy (non-hydrogen) atoms. The fourth-order valence-electron chi connectivity index (χ4n) is 1.82. The molecule has 1 aromatic heterocycles. The summed E-state index contributed by atoms with van der Waals surface area (Å²) in [4.78, 5) is 0. The van der Waals surface area contributed by atoms with Crippen LogP contribution in [0.25, 0.3) is 11.1 Å². The summed E-state index contributed by atoms with van der Waals surface area (Å²) < 4.78 is 17.7. The van der Waals surface area contributed by atoms with Crippen LogP contribution in [0.2, 0.25) is 0 Å². The number of ether oxygens (including phenoxy) is 3. The molecule has 0 N–H and O–H groups in total. The monoisotopic (exact) mass is 248 g/mol. The average molecular weight is 248 g/mol. The third kappa shape index (κ3) is 2.11. The molecule has 5 heteroatoms. The molecule has 0 aliphatic rings. The van der Waals surface area contributed by atoms with E-state index >= 15 is 0 Å². The predicted molar refractivity (Wildman–Crippen MR) is 68.3 cm³/mol. The number of aryl methyl sites for hydroxylation is 1. The Labute approximate surface area is 106 Å². The van der Waals surface area contributed by atoms with Gasteiger partial charge in [-0.05, 0) is 17.7 Å². The quantitative estimate of drug-likeness (QED) is 0.831. The van der Waals surface area contributed by atoms with Crippen molar-refractivity contribution >= 4 is 0 Å². The van der Waals surface area contributed by atoms with E-state index in [0.717, 1.165) is 11.1 Å². The third-order valence-electron chi connectivity index (χ3n) is 2.70. The number of hydrogen-bond acceptors (Lipinski definition) is 4. The van der Waals surface area contributed by atoms with E-state index < -0.39 is 0 Å². The molecule has 1 aromatic carbocycles. The van der Waals surface area contributed by atoms with E-state index in [1.54, 1.807) is 32.2 Å². The Kier molecular flexibility index (Phi) is 3.41. The molecule has 0 aliphatic carbocycles. The lowest BCUT2D eigenvalue weighted by molar-refractivity contribution is 0.324. The minimum Gasteiger partial charge on any atom is -0.493 e. The number of nitrogens with zero attached hydrogens (tertiary/aromatic N) is 2. The van der Waals surface area contributed by atoms with Gasteiger partial charge in [-0.25, -0.2) is 0 Å².